The second-order valence-corrected chi connectivity index (χ2v) is 3.58. The van der Waals surface area contributed by atoms with Gasteiger partial charge in [0.2, 0.25) is 6.29 Å². The van der Waals surface area contributed by atoms with Gasteiger partial charge in [-0.1, -0.05) is 0 Å². The van der Waals surface area contributed by atoms with Crippen molar-refractivity contribution in [2.75, 3.05) is 7.11 Å². The second kappa shape index (κ2) is 3.77. The van der Waals surface area contributed by atoms with E-state index in [2.05, 4.69) is 0 Å². The highest BCUT2D eigenvalue weighted by molar-refractivity contribution is 5.97. The van der Waals surface area contributed by atoms with Crippen molar-refractivity contribution in [1.82, 2.24) is 0 Å². The van der Waals surface area contributed by atoms with Crippen LogP contribution in [-0.4, -0.2) is 23.3 Å². The summed E-state index contributed by atoms with van der Waals surface area (Å²) in [6.45, 7) is 1.51. The van der Waals surface area contributed by atoms with E-state index < -0.39 is 12.3 Å². The van der Waals surface area contributed by atoms with E-state index in [4.69, 9.17) is 9.47 Å². The van der Waals surface area contributed by atoms with Crippen LogP contribution in [0.5, 0.6) is 5.75 Å². The zero-order valence-electron chi connectivity index (χ0n) is 8.98. The van der Waals surface area contributed by atoms with Gasteiger partial charge in [0.05, 0.1) is 13.7 Å². The van der Waals surface area contributed by atoms with Gasteiger partial charge in [-0.25, -0.2) is 4.79 Å². The van der Waals surface area contributed by atoms with Crippen molar-refractivity contribution in [2.24, 2.45) is 0 Å². The van der Waals surface area contributed by atoms with E-state index in [-0.39, 0.29) is 12.2 Å². The molecule has 5 nitrogen and oxygen atoms in total. The number of ether oxygens (including phenoxy) is 2. The molecule has 0 aliphatic carbocycles. The lowest BCUT2D eigenvalue weighted by Crippen LogP contribution is -2.04. The predicted molar refractivity (Wildman–Crippen MR) is 54.0 cm³/mol. The van der Waals surface area contributed by atoms with Gasteiger partial charge in [-0.3, -0.25) is 0 Å². The molecule has 2 N–H and O–H groups in total. The van der Waals surface area contributed by atoms with Gasteiger partial charge in [0.15, 0.2) is 0 Å². The zero-order valence-corrected chi connectivity index (χ0v) is 8.98. The molecule has 16 heavy (non-hydrogen) atoms. The molecule has 1 aliphatic heterocycles. The van der Waals surface area contributed by atoms with Crippen molar-refractivity contribution >= 4 is 5.97 Å². The molecule has 0 radical (unpaired) electrons. The summed E-state index contributed by atoms with van der Waals surface area (Å²) in [5, 5.41) is 18.8. The predicted octanol–water partition coefficient (Wildman–Crippen LogP) is 0.657. The smallest absolute Gasteiger partial charge is 0.345 e. The zero-order chi connectivity index (χ0) is 11.9. The van der Waals surface area contributed by atoms with Crippen LogP contribution in [-0.2, 0) is 11.3 Å². The third kappa shape index (κ3) is 1.36. The average molecular weight is 224 g/mol. The molecule has 5 heteroatoms. The minimum absolute atomic E-state index is 0.199. The van der Waals surface area contributed by atoms with Crippen LogP contribution >= 0.6 is 0 Å². The SMILES string of the molecule is COc1cc(C)c(CO)c2c1C(=O)OC2O. The van der Waals surface area contributed by atoms with Crippen LogP contribution in [0.25, 0.3) is 0 Å². The molecule has 0 amide bonds. The molecular weight excluding hydrogens is 212 g/mol. The number of aryl methyl sites for hydroxylation is 1. The van der Waals surface area contributed by atoms with Gasteiger partial charge in [0.1, 0.15) is 11.3 Å². The highest BCUT2D eigenvalue weighted by Gasteiger charge is 2.35. The van der Waals surface area contributed by atoms with Crippen LogP contribution in [0.1, 0.15) is 33.3 Å². The number of aliphatic hydroxyl groups excluding tert-OH is 2. The quantitative estimate of drug-likeness (QED) is 0.721. The Labute approximate surface area is 92.2 Å². The maximum atomic E-state index is 11.5. The van der Waals surface area contributed by atoms with Gasteiger partial charge in [0.25, 0.3) is 0 Å². The molecule has 1 aromatic rings. The number of hydrogen-bond acceptors (Lipinski definition) is 5. The normalized spacial score (nSPS) is 18.2. The first-order valence-corrected chi connectivity index (χ1v) is 4.80. The first kappa shape index (κ1) is 10.9. The number of carbonyl (C=O) groups excluding carboxylic acids is 1. The number of fused-ring (bicyclic) bond motifs is 1. The summed E-state index contributed by atoms with van der Waals surface area (Å²) in [5.41, 5.74) is 1.76. The van der Waals surface area contributed by atoms with Crippen molar-refractivity contribution in [3.63, 3.8) is 0 Å². The van der Waals surface area contributed by atoms with Crippen molar-refractivity contribution in [1.29, 1.82) is 0 Å². The van der Waals surface area contributed by atoms with E-state index in [9.17, 15) is 15.0 Å². The summed E-state index contributed by atoms with van der Waals surface area (Å²) in [6.07, 6.45) is -1.32. The summed E-state index contributed by atoms with van der Waals surface area (Å²) in [5.74, 6) is -0.277. The largest absolute Gasteiger partial charge is 0.496 e. The highest BCUT2D eigenvalue weighted by Crippen LogP contribution is 2.39. The molecule has 1 aromatic carbocycles. The number of rotatable bonds is 2. The Morgan fingerprint density at radius 1 is 1.56 bits per heavy atom. The molecular formula is C11H12O5. The lowest BCUT2D eigenvalue weighted by atomic mass is 9.97. The van der Waals surface area contributed by atoms with Crippen molar-refractivity contribution in [2.45, 2.75) is 19.8 Å². The fourth-order valence-corrected chi connectivity index (χ4v) is 1.93. The monoisotopic (exact) mass is 224 g/mol. The van der Waals surface area contributed by atoms with Gasteiger partial charge in [0, 0.05) is 5.56 Å². The number of aliphatic hydroxyl groups is 2. The summed E-state index contributed by atoms with van der Waals surface area (Å²) in [4.78, 5) is 11.5. The van der Waals surface area contributed by atoms with Crippen molar-refractivity contribution in [3.8, 4) is 5.75 Å². The van der Waals surface area contributed by atoms with E-state index in [0.717, 1.165) is 5.56 Å². The molecule has 0 saturated carbocycles. The van der Waals surface area contributed by atoms with Crippen LogP contribution in [0.3, 0.4) is 0 Å². The Morgan fingerprint density at radius 2 is 2.25 bits per heavy atom. The van der Waals surface area contributed by atoms with E-state index in [1.54, 1.807) is 13.0 Å². The fraction of sp³-hybridized carbons (Fsp3) is 0.364. The number of methoxy groups -OCH3 is 1. The molecule has 0 aromatic heterocycles. The van der Waals surface area contributed by atoms with Gasteiger partial charge >= 0.3 is 5.97 Å². The standard InChI is InChI=1S/C11H12O5/c1-5-3-7(15-2)9-8(6(5)4-12)10(13)16-11(9)14/h3,10,12-13H,4H2,1-2H3. The average Bonchev–Trinajstić information content (AvgIpc) is 2.54. The third-order valence-corrected chi connectivity index (χ3v) is 2.71. The third-order valence-electron chi connectivity index (χ3n) is 2.71. The molecule has 1 atom stereocenters. The molecule has 0 fully saturated rings. The first-order valence-electron chi connectivity index (χ1n) is 4.80. The maximum Gasteiger partial charge on any atom is 0.345 e. The van der Waals surface area contributed by atoms with E-state index >= 15 is 0 Å². The minimum atomic E-state index is -1.32. The van der Waals surface area contributed by atoms with E-state index in [1.807, 2.05) is 0 Å². The number of hydrogen-bond donors (Lipinski definition) is 2. The number of cyclic esters (lactones) is 1. The number of esters is 1. The minimum Gasteiger partial charge on any atom is -0.496 e. The molecule has 1 aliphatic rings. The number of benzene rings is 1. The molecule has 2 rings (SSSR count). The van der Waals surface area contributed by atoms with Crippen LogP contribution < -0.4 is 4.74 Å². The van der Waals surface area contributed by atoms with Gasteiger partial charge in [-0.05, 0) is 24.1 Å². The van der Waals surface area contributed by atoms with Crippen LogP contribution in [0.2, 0.25) is 0 Å². The molecule has 0 spiro atoms. The summed E-state index contributed by atoms with van der Waals surface area (Å²) in [7, 11) is 1.44. The lowest BCUT2D eigenvalue weighted by Gasteiger charge is -2.12. The van der Waals surface area contributed by atoms with Crippen molar-refractivity contribution in [3.05, 3.63) is 28.3 Å². The van der Waals surface area contributed by atoms with Gasteiger partial charge in [-0.2, -0.15) is 0 Å². The van der Waals surface area contributed by atoms with Crippen LogP contribution in [0.15, 0.2) is 6.07 Å². The molecule has 1 unspecified atom stereocenters. The lowest BCUT2D eigenvalue weighted by molar-refractivity contribution is -0.0555. The first-order chi connectivity index (χ1) is 7.60. The van der Waals surface area contributed by atoms with Crippen LogP contribution in [0, 0.1) is 6.92 Å². The summed E-state index contributed by atoms with van der Waals surface area (Å²) < 4.78 is 9.76. The molecule has 1 heterocycles. The Hall–Kier alpha value is -1.59. The van der Waals surface area contributed by atoms with Crippen LogP contribution in [0.4, 0.5) is 0 Å². The highest BCUT2D eigenvalue weighted by atomic mass is 16.6. The Morgan fingerprint density at radius 3 is 2.81 bits per heavy atom. The maximum absolute atomic E-state index is 11.5. The van der Waals surface area contributed by atoms with Gasteiger partial charge < -0.3 is 19.7 Å². The molecule has 0 saturated heterocycles. The Balaban J connectivity index is 2.75. The van der Waals surface area contributed by atoms with Gasteiger partial charge in [-0.15, -0.1) is 0 Å². The van der Waals surface area contributed by atoms with E-state index in [1.165, 1.54) is 7.11 Å². The molecule has 0 bridgehead atoms. The summed E-state index contributed by atoms with van der Waals surface area (Å²) in [6, 6.07) is 1.64. The van der Waals surface area contributed by atoms with E-state index in [0.29, 0.717) is 16.9 Å². The Bertz CT molecular complexity index is 452. The molecule has 86 valence electrons. The van der Waals surface area contributed by atoms with Crippen molar-refractivity contribution < 1.29 is 24.5 Å². The summed E-state index contributed by atoms with van der Waals surface area (Å²) >= 11 is 0. The fourth-order valence-electron chi connectivity index (χ4n) is 1.93. The second-order valence-electron chi connectivity index (χ2n) is 3.58. The topological polar surface area (TPSA) is 76.0 Å². The Kier molecular flexibility index (Phi) is 2.57. The number of carbonyl (C=O) groups is 1.